The zero-order valence-electron chi connectivity index (χ0n) is 15.3. The third-order valence-corrected chi connectivity index (χ3v) is 5.87. The van der Waals surface area contributed by atoms with Crippen LogP contribution in [0, 0.1) is 5.92 Å². The maximum absolute atomic E-state index is 10.9. The van der Waals surface area contributed by atoms with Crippen LogP contribution in [-0.4, -0.2) is 27.6 Å². The molecule has 0 spiro atoms. The van der Waals surface area contributed by atoms with Crippen molar-refractivity contribution in [2.75, 3.05) is 11.9 Å². The van der Waals surface area contributed by atoms with Gasteiger partial charge in [-0.15, -0.1) is 11.3 Å². The summed E-state index contributed by atoms with van der Waals surface area (Å²) >= 11 is 1.69. The molecular formula is C20H27N3O2S. The summed E-state index contributed by atoms with van der Waals surface area (Å²) < 4.78 is 0. The SMILES string of the molecule is CCC(CC(=O)O)Cc1csc(CCCc2ccc3c(n2)NCCC3)n1. The summed E-state index contributed by atoms with van der Waals surface area (Å²) in [5, 5.41) is 15.6. The van der Waals surface area contributed by atoms with Crippen molar-refractivity contribution < 1.29 is 9.90 Å². The Balaban J connectivity index is 1.48. The Morgan fingerprint density at radius 3 is 3.00 bits per heavy atom. The van der Waals surface area contributed by atoms with Crippen molar-refractivity contribution in [2.24, 2.45) is 5.92 Å². The van der Waals surface area contributed by atoms with Crippen LogP contribution >= 0.6 is 11.3 Å². The molecule has 5 nitrogen and oxygen atoms in total. The van der Waals surface area contributed by atoms with Gasteiger partial charge < -0.3 is 10.4 Å². The summed E-state index contributed by atoms with van der Waals surface area (Å²) in [5.74, 6) is 0.517. The number of aryl methyl sites for hydroxylation is 3. The van der Waals surface area contributed by atoms with Crippen LogP contribution in [0.1, 0.15) is 54.6 Å². The van der Waals surface area contributed by atoms with Crippen molar-refractivity contribution in [1.29, 1.82) is 0 Å². The van der Waals surface area contributed by atoms with E-state index in [9.17, 15) is 4.79 Å². The van der Waals surface area contributed by atoms with Crippen LogP contribution in [-0.2, 0) is 30.5 Å². The van der Waals surface area contributed by atoms with E-state index in [1.807, 2.05) is 6.92 Å². The van der Waals surface area contributed by atoms with E-state index in [2.05, 4.69) is 22.8 Å². The number of pyridine rings is 1. The summed E-state index contributed by atoms with van der Waals surface area (Å²) in [4.78, 5) is 20.3. The Kier molecular flexibility index (Phi) is 6.61. The maximum Gasteiger partial charge on any atom is 0.303 e. The van der Waals surface area contributed by atoms with E-state index < -0.39 is 5.97 Å². The molecule has 0 amide bonds. The van der Waals surface area contributed by atoms with Crippen molar-refractivity contribution in [3.05, 3.63) is 39.5 Å². The lowest BCUT2D eigenvalue weighted by atomic mass is 9.97. The molecule has 0 bridgehead atoms. The van der Waals surface area contributed by atoms with E-state index in [1.54, 1.807) is 11.3 Å². The lowest BCUT2D eigenvalue weighted by Gasteiger charge is -2.17. The predicted octanol–water partition coefficient (Wildman–Crippen LogP) is 4.11. The number of nitrogens with zero attached hydrogens (tertiary/aromatic N) is 2. The second-order valence-corrected chi connectivity index (χ2v) is 7.95. The molecule has 0 fully saturated rings. The van der Waals surface area contributed by atoms with E-state index in [0.29, 0.717) is 0 Å². The van der Waals surface area contributed by atoms with E-state index in [4.69, 9.17) is 15.1 Å². The van der Waals surface area contributed by atoms with Crippen molar-refractivity contribution >= 4 is 23.1 Å². The summed E-state index contributed by atoms with van der Waals surface area (Å²) in [6.45, 7) is 3.06. The summed E-state index contributed by atoms with van der Waals surface area (Å²) in [6, 6.07) is 4.36. The number of carboxylic acids is 1. The Bertz CT molecular complexity index is 744. The molecule has 3 rings (SSSR count). The first-order chi connectivity index (χ1) is 12.6. The first-order valence-corrected chi connectivity index (χ1v) is 10.4. The molecule has 140 valence electrons. The van der Waals surface area contributed by atoms with Crippen LogP contribution in [0.25, 0.3) is 0 Å². The summed E-state index contributed by atoms with van der Waals surface area (Å²) in [5.41, 5.74) is 3.51. The molecule has 1 unspecified atom stereocenters. The van der Waals surface area contributed by atoms with Gasteiger partial charge in [0.05, 0.1) is 10.7 Å². The van der Waals surface area contributed by atoms with Gasteiger partial charge in [0.1, 0.15) is 5.82 Å². The van der Waals surface area contributed by atoms with E-state index in [-0.39, 0.29) is 12.3 Å². The van der Waals surface area contributed by atoms with Gasteiger partial charge in [0.2, 0.25) is 0 Å². The van der Waals surface area contributed by atoms with Crippen molar-refractivity contribution in [1.82, 2.24) is 9.97 Å². The van der Waals surface area contributed by atoms with Crippen molar-refractivity contribution in [3.8, 4) is 0 Å². The van der Waals surface area contributed by atoms with Gasteiger partial charge in [0, 0.05) is 24.0 Å². The normalized spacial score (nSPS) is 14.5. The van der Waals surface area contributed by atoms with Crippen LogP contribution in [0.2, 0.25) is 0 Å². The third kappa shape index (κ3) is 5.27. The minimum Gasteiger partial charge on any atom is -0.481 e. The Morgan fingerprint density at radius 1 is 1.31 bits per heavy atom. The van der Waals surface area contributed by atoms with Gasteiger partial charge in [-0.05, 0) is 56.1 Å². The Hall–Kier alpha value is -1.95. The standard InChI is InChI=1S/C20H27N3O2S/c1-2-14(12-19(24)25)11-17-13-26-18(22-17)7-3-6-16-9-8-15-5-4-10-21-20(15)23-16/h8-9,13-14H,2-7,10-12H2,1H3,(H,21,23)(H,24,25). The first kappa shape index (κ1) is 18.8. The second kappa shape index (κ2) is 9.12. The Morgan fingerprint density at radius 2 is 2.19 bits per heavy atom. The average molecular weight is 374 g/mol. The molecule has 1 aliphatic rings. The molecule has 26 heavy (non-hydrogen) atoms. The number of aromatic nitrogens is 2. The number of hydrogen-bond acceptors (Lipinski definition) is 5. The van der Waals surface area contributed by atoms with Gasteiger partial charge in [-0.2, -0.15) is 0 Å². The molecule has 0 saturated carbocycles. The van der Waals surface area contributed by atoms with Gasteiger partial charge in [-0.3, -0.25) is 4.79 Å². The van der Waals surface area contributed by atoms with Gasteiger partial charge in [0.25, 0.3) is 0 Å². The van der Waals surface area contributed by atoms with Gasteiger partial charge >= 0.3 is 5.97 Å². The number of rotatable bonds is 9. The van der Waals surface area contributed by atoms with Crippen LogP contribution in [0.15, 0.2) is 17.5 Å². The lowest BCUT2D eigenvalue weighted by Crippen LogP contribution is -2.14. The second-order valence-electron chi connectivity index (χ2n) is 7.00. The highest BCUT2D eigenvalue weighted by atomic mass is 32.1. The number of thiazole rings is 1. The number of anilines is 1. The predicted molar refractivity (Wildman–Crippen MR) is 105 cm³/mol. The highest BCUT2D eigenvalue weighted by Gasteiger charge is 2.14. The molecular weight excluding hydrogens is 346 g/mol. The smallest absolute Gasteiger partial charge is 0.303 e. The fourth-order valence-electron chi connectivity index (χ4n) is 3.39. The molecule has 3 heterocycles. The summed E-state index contributed by atoms with van der Waals surface area (Å²) in [7, 11) is 0. The highest BCUT2D eigenvalue weighted by Crippen LogP contribution is 2.22. The molecule has 2 aromatic rings. The van der Waals surface area contributed by atoms with Gasteiger partial charge in [-0.25, -0.2) is 9.97 Å². The zero-order valence-corrected chi connectivity index (χ0v) is 16.1. The molecule has 0 saturated heterocycles. The quantitative estimate of drug-likeness (QED) is 0.692. The fraction of sp³-hybridized carbons (Fsp3) is 0.550. The zero-order chi connectivity index (χ0) is 18.4. The minimum atomic E-state index is -0.723. The van der Waals surface area contributed by atoms with Crippen molar-refractivity contribution in [3.63, 3.8) is 0 Å². The third-order valence-electron chi connectivity index (χ3n) is 4.91. The maximum atomic E-state index is 10.9. The minimum absolute atomic E-state index is 0.176. The van der Waals surface area contributed by atoms with E-state index in [1.165, 1.54) is 12.0 Å². The van der Waals surface area contributed by atoms with Crippen LogP contribution in [0.3, 0.4) is 0 Å². The summed E-state index contributed by atoms with van der Waals surface area (Å²) in [6.07, 6.45) is 7.11. The number of carbonyl (C=O) groups is 1. The molecule has 1 aliphatic heterocycles. The fourth-order valence-corrected chi connectivity index (χ4v) is 4.24. The average Bonchev–Trinajstić information content (AvgIpc) is 3.08. The lowest BCUT2D eigenvalue weighted by molar-refractivity contribution is -0.138. The molecule has 6 heteroatoms. The molecule has 2 N–H and O–H groups in total. The Labute approximate surface area is 158 Å². The van der Waals surface area contributed by atoms with Gasteiger partial charge in [-0.1, -0.05) is 19.4 Å². The largest absolute Gasteiger partial charge is 0.481 e. The molecule has 1 atom stereocenters. The van der Waals surface area contributed by atoms with Crippen LogP contribution < -0.4 is 5.32 Å². The molecule has 0 aromatic carbocycles. The van der Waals surface area contributed by atoms with Gasteiger partial charge in [0.15, 0.2) is 0 Å². The molecule has 0 aliphatic carbocycles. The van der Waals surface area contributed by atoms with Crippen molar-refractivity contribution in [2.45, 2.75) is 58.3 Å². The number of aliphatic carboxylic acids is 1. The molecule has 0 radical (unpaired) electrons. The monoisotopic (exact) mass is 373 g/mol. The van der Waals surface area contributed by atoms with Crippen LogP contribution in [0.4, 0.5) is 5.82 Å². The van der Waals surface area contributed by atoms with E-state index >= 15 is 0 Å². The number of fused-ring (bicyclic) bond motifs is 1. The van der Waals surface area contributed by atoms with Crippen LogP contribution in [0.5, 0.6) is 0 Å². The highest BCUT2D eigenvalue weighted by molar-refractivity contribution is 7.09. The first-order valence-electron chi connectivity index (χ1n) is 9.51. The molecule has 2 aromatic heterocycles. The topological polar surface area (TPSA) is 75.1 Å². The van der Waals surface area contributed by atoms with E-state index in [0.717, 1.165) is 67.3 Å². The number of nitrogens with one attached hydrogen (secondary N) is 1. The number of carboxylic acid groups (broad SMARTS) is 1. The number of hydrogen-bond donors (Lipinski definition) is 2.